The maximum atomic E-state index is 8.28. The SMILES string of the molecule is CCc1ccc(CC)cc1.[O]=[AlH]. The molecule has 1 aromatic rings. The van der Waals surface area contributed by atoms with Gasteiger partial charge in [-0.15, -0.1) is 0 Å². The Morgan fingerprint density at radius 2 is 1.17 bits per heavy atom. The minimum atomic E-state index is 0.611. The Balaban J connectivity index is 0.000000561. The van der Waals surface area contributed by atoms with E-state index in [1.807, 2.05) is 0 Å². The zero-order valence-electron chi connectivity index (χ0n) is 7.84. The van der Waals surface area contributed by atoms with Crippen molar-refractivity contribution in [2.45, 2.75) is 26.7 Å². The molecule has 0 amide bonds. The molecule has 64 valence electrons. The molecule has 2 heteroatoms. The van der Waals surface area contributed by atoms with Gasteiger partial charge in [-0.1, -0.05) is 38.1 Å². The summed E-state index contributed by atoms with van der Waals surface area (Å²) in [6, 6.07) is 8.83. The molecule has 0 aliphatic rings. The molecule has 0 aliphatic carbocycles. The van der Waals surface area contributed by atoms with Crippen LogP contribution in [0.4, 0.5) is 0 Å². The molecule has 0 radical (unpaired) electrons. The van der Waals surface area contributed by atoms with Crippen molar-refractivity contribution in [3.63, 3.8) is 0 Å². The number of hydrogen-bond donors (Lipinski definition) is 0. The molecule has 1 aromatic carbocycles. The molecular weight excluding hydrogens is 163 g/mol. The molecule has 0 spiro atoms. The average Bonchev–Trinajstić information content (AvgIpc) is 2.21. The molecule has 0 bridgehead atoms. The Hall–Kier alpha value is -0.448. The topological polar surface area (TPSA) is 17.1 Å². The van der Waals surface area contributed by atoms with Gasteiger partial charge in [-0.3, -0.25) is 0 Å². The van der Waals surface area contributed by atoms with Crippen LogP contribution in [-0.4, -0.2) is 16.2 Å². The molecule has 0 unspecified atom stereocenters. The van der Waals surface area contributed by atoms with Crippen LogP contribution in [0.3, 0.4) is 0 Å². The van der Waals surface area contributed by atoms with E-state index in [0.29, 0.717) is 16.2 Å². The van der Waals surface area contributed by atoms with E-state index in [4.69, 9.17) is 3.80 Å². The summed E-state index contributed by atoms with van der Waals surface area (Å²) in [5, 5.41) is 0. The summed E-state index contributed by atoms with van der Waals surface area (Å²) in [6.45, 7) is 4.36. The second-order valence-corrected chi connectivity index (χ2v) is 2.52. The Morgan fingerprint density at radius 1 is 0.917 bits per heavy atom. The third-order valence-corrected chi connectivity index (χ3v) is 1.84. The molecule has 0 atom stereocenters. The first-order valence-corrected chi connectivity index (χ1v) is 4.81. The third kappa shape index (κ3) is 3.80. The predicted octanol–water partition coefficient (Wildman–Crippen LogP) is 2.04. The van der Waals surface area contributed by atoms with Crippen LogP contribution < -0.4 is 0 Å². The molecule has 0 aromatic heterocycles. The molecule has 0 saturated carbocycles. The first-order valence-electron chi connectivity index (χ1n) is 4.23. The fourth-order valence-electron chi connectivity index (χ4n) is 1.01. The summed E-state index contributed by atoms with van der Waals surface area (Å²) in [6.07, 6.45) is 2.29. The van der Waals surface area contributed by atoms with Crippen molar-refractivity contribution in [1.29, 1.82) is 0 Å². The summed E-state index contributed by atoms with van der Waals surface area (Å²) < 4.78 is 8.28. The molecule has 0 aliphatic heterocycles. The van der Waals surface area contributed by atoms with Gasteiger partial charge in [-0.2, -0.15) is 0 Å². The molecule has 0 saturated heterocycles. The van der Waals surface area contributed by atoms with E-state index >= 15 is 0 Å². The first-order chi connectivity index (χ1) is 5.86. The van der Waals surface area contributed by atoms with Gasteiger partial charge in [0.05, 0.1) is 0 Å². The average molecular weight is 178 g/mol. The maximum absolute atomic E-state index is 8.28. The van der Waals surface area contributed by atoms with Crippen molar-refractivity contribution in [2.75, 3.05) is 0 Å². The summed E-state index contributed by atoms with van der Waals surface area (Å²) in [4.78, 5) is 0. The van der Waals surface area contributed by atoms with E-state index in [1.54, 1.807) is 0 Å². The Kier molecular flexibility index (Phi) is 6.95. The van der Waals surface area contributed by atoms with Gasteiger partial charge in [0.2, 0.25) is 0 Å². The van der Waals surface area contributed by atoms with Crippen LogP contribution in [0.25, 0.3) is 0 Å². The third-order valence-electron chi connectivity index (χ3n) is 1.84. The van der Waals surface area contributed by atoms with Crippen molar-refractivity contribution in [1.82, 2.24) is 0 Å². The Labute approximate surface area is 82.4 Å². The standard InChI is InChI=1S/C10H14.Al.O.H/c1-3-9-5-7-10(4-2)8-6-9;;;/h5-8H,3-4H2,1-2H3;;;. The fraction of sp³-hybridized carbons (Fsp3) is 0.400. The van der Waals surface area contributed by atoms with Gasteiger partial charge >= 0.3 is 20.0 Å². The van der Waals surface area contributed by atoms with Gasteiger partial charge in [-0.05, 0) is 24.0 Å². The van der Waals surface area contributed by atoms with E-state index in [9.17, 15) is 0 Å². The predicted molar refractivity (Wildman–Crippen MR) is 53.0 cm³/mol. The van der Waals surface area contributed by atoms with Gasteiger partial charge < -0.3 is 0 Å². The van der Waals surface area contributed by atoms with Crippen molar-refractivity contribution in [3.8, 4) is 0 Å². The van der Waals surface area contributed by atoms with Crippen LogP contribution in [-0.2, 0) is 16.6 Å². The van der Waals surface area contributed by atoms with Crippen molar-refractivity contribution in [2.24, 2.45) is 0 Å². The Morgan fingerprint density at radius 3 is 1.33 bits per heavy atom. The second kappa shape index (κ2) is 7.21. The van der Waals surface area contributed by atoms with Crippen LogP contribution in [0.15, 0.2) is 24.3 Å². The molecule has 1 nitrogen and oxygen atoms in total. The van der Waals surface area contributed by atoms with Crippen LogP contribution in [0.2, 0.25) is 0 Å². The summed E-state index contributed by atoms with van der Waals surface area (Å²) >= 11 is 0.611. The minimum absolute atomic E-state index is 0.611. The number of hydrogen-bond acceptors (Lipinski definition) is 1. The summed E-state index contributed by atoms with van der Waals surface area (Å²) in [5.41, 5.74) is 2.86. The summed E-state index contributed by atoms with van der Waals surface area (Å²) in [5.74, 6) is 0. The first kappa shape index (κ1) is 11.6. The molecule has 12 heavy (non-hydrogen) atoms. The van der Waals surface area contributed by atoms with Crippen molar-refractivity contribution in [3.05, 3.63) is 35.4 Å². The van der Waals surface area contributed by atoms with Crippen molar-refractivity contribution < 1.29 is 3.80 Å². The Bertz CT molecular complexity index is 183. The fourth-order valence-corrected chi connectivity index (χ4v) is 1.01. The summed E-state index contributed by atoms with van der Waals surface area (Å²) in [7, 11) is 0. The van der Waals surface area contributed by atoms with Crippen LogP contribution in [0, 0.1) is 0 Å². The molecule has 0 heterocycles. The van der Waals surface area contributed by atoms with E-state index in [0.717, 1.165) is 12.8 Å². The van der Waals surface area contributed by atoms with Crippen LogP contribution >= 0.6 is 0 Å². The molecule has 1 rings (SSSR count). The van der Waals surface area contributed by atoms with Gasteiger partial charge in [0.25, 0.3) is 0 Å². The van der Waals surface area contributed by atoms with Crippen LogP contribution in [0.5, 0.6) is 0 Å². The van der Waals surface area contributed by atoms with E-state index in [2.05, 4.69) is 38.1 Å². The van der Waals surface area contributed by atoms with Crippen molar-refractivity contribution >= 4 is 16.2 Å². The normalized spacial score (nSPS) is 8.42. The van der Waals surface area contributed by atoms with Gasteiger partial charge in [0.15, 0.2) is 0 Å². The van der Waals surface area contributed by atoms with Gasteiger partial charge in [0.1, 0.15) is 0 Å². The zero-order valence-corrected chi connectivity index (χ0v) is 9.25. The van der Waals surface area contributed by atoms with E-state index in [-0.39, 0.29) is 0 Å². The second-order valence-electron chi connectivity index (χ2n) is 2.52. The van der Waals surface area contributed by atoms with E-state index in [1.165, 1.54) is 11.1 Å². The molecule has 0 fully saturated rings. The number of benzene rings is 1. The van der Waals surface area contributed by atoms with Gasteiger partial charge in [-0.25, -0.2) is 0 Å². The number of rotatable bonds is 2. The monoisotopic (exact) mass is 178 g/mol. The molecular formula is C10H15AlO. The van der Waals surface area contributed by atoms with Crippen LogP contribution in [0.1, 0.15) is 25.0 Å². The molecule has 0 N–H and O–H groups in total. The zero-order chi connectivity index (χ0) is 9.40. The number of aryl methyl sites for hydroxylation is 2. The quantitative estimate of drug-likeness (QED) is 0.633. The van der Waals surface area contributed by atoms with E-state index < -0.39 is 0 Å². The van der Waals surface area contributed by atoms with Gasteiger partial charge in [0, 0.05) is 0 Å².